The predicted molar refractivity (Wildman–Crippen MR) is 66.2 cm³/mol. The van der Waals surface area contributed by atoms with E-state index in [9.17, 15) is 4.79 Å². The Bertz CT molecular complexity index is 347. The van der Waals surface area contributed by atoms with Gasteiger partial charge in [0.25, 0.3) is 0 Å². The van der Waals surface area contributed by atoms with Crippen molar-refractivity contribution in [2.24, 2.45) is 12.5 Å². The highest BCUT2D eigenvalue weighted by Gasteiger charge is 2.15. The van der Waals surface area contributed by atoms with E-state index in [4.69, 9.17) is 0 Å². The Balaban J connectivity index is 2.23. The molecule has 0 unspecified atom stereocenters. The monoisotopic (exact) mass is 222 g/mol. The highest BCUT2D eigenvalue weighted by atomic mass is 16.1. The zero-order valence-corrected chi connectivity index (χ0v) is 10.7. The highest BCUT2D eigenvalue weighted by Crippen LogP contribution is 2.17. The standard InChI is InChI=1S/C13H22N2O/c1-13(2,3)9-12(16)14-7-5-11-6-8-15(4)10-11/h6,8,10H,5,7,9H2,1-4H3,(H,14,16). The summed E-state index contributed by atoms with van der Waals surface area (Å²) in [5.41, 5.74) is 1.33. The molecular formula is C13H22N2O. The van der Waals surface area contributed by atoms with Crippen molar-refractivity contribution in [1.82, 2.24) is 9.88 Å². The maximum absolute atomic E-state index is 11.5. The van der Waals surface area contributed by atoms with Crippen LogP contribution in [0.1, 0.15) is 32.8 Å². The summed E-state index contributed by atoms with van der Waals surface area (Å²) in [5.74, 6) is 0.142. The summed E-state index contributed by atoms with van der Waals surface area (Å²) < 4.78 is 2.02. The van der Waals surface area contributed by atoms with Gasteiger partial charge in [0.15, 0.2) is 0 Å². The summed E-state index contributed by atoms with van der Waals surface area (Å²) >= 11 is 0. The molecule has 0 saturated carbocycles. The van der Waals surface area contributed by atoms with Gasteiger partial charge in [0.2, 0.25) is 5.91 Å². The fraction of sp³-hybridized carbons (Fsp3) is 0.615. The Hall–Kier alpha value is -1.25. The first-order chi connectivity index (χ1) is 7.37. The van der Waals surface area contributed by atoms with Crippen LogP contribution in [0, 0.1) is 5.41 Å². The lowest BCUT2D eigenvalue weighted by molar-refractivity contribution is -0.122. The van der Waals surface area contributed by atoms with E-state index in [2.05, 4.69) is 38.4 Å². The molecule has 0 bridgehead atoms. The molecule has 1 rings (SSSR count). The number of carbonyl (C=O) groups is 1. The number of hydrogen-bond donors (Lipinski definition) is 1. The van der Waals surface area contributed by atoms with Crippen LogP contribution in [-0.2, 0) is 18.3 Å². The van der Waals surface area contributed by atoms with Crippen molar-refractivity contribution in [3.8, 4) is 0 Å². The first-order valence-electron chi connectivity index (χ1n) is 5.74. The summed E-state index contributed by atoms with van der Waals surface area (Å²) in [6, 6.07) is 2.08. The van der Waals surface area contributed by atoms with Crippen molar-refractivity contribution < 1.29 is 4.79 Å². The first-order valence-corrected chi connectivity index (χ1v) is 5.74. The molecule has 0 aliphatic rings. The predicted octanol–water partition coefficient (Wildman–Crippen LogP) is 2.12. The SMILES string of the molecule is Cn1ccc(CCNC(=O)CC(C)(C)C)c1. The largest absolute Gasteiger partial charge is 0.357 e. The molecule has 90 valence electrons. The molecule has 1 aromatic rings. The lowest BCUT2D eigenvalue weighted by atomic mass is 9.92. The lowest BCUT2D eigenvalue weighted by Crippen LogP contribution is -2.29. The first kappa shape index (κ1) is 12.8. The molecule has 16 heavy (non-hydrogen) atoms. The van der Waals surface area contributed by atoms with Crippen LogP contribution >= 0.6 is 0 Å². The van der Waals surface area contributed by atoms with E-state index in [0.29, 0.717) is 6.42 Å². The summed E-state index contributed by atoms with van der Waals surface area (Å²) in [5, 5.41) is 2.95. The topological polar surface area (TPSA) is 34.0 Å². The highest BCUT2D eigenvalue weighted by molar-refractivity contribution is 5.76. The zero-order chi connectivity index (χ0) is 12.2. The summed E-state index contributed by atoms with van der Waals surface area (Å²) in [4.78, 5) is 11.5. The van der Waals surface area contributed by atoms with Gasteiger partial charge in [-0.25, -0.2) is 0 Å². The number of nitrogens with zero attached hydrogens (tertiary/aromatic N) is 1. The van der Waals surface area contributed by atoms with E-state index in [1.165, 1.54) is 5.56 Å². The smallest absolute Gasteiger partial charge is 0.220 e. The molecule has 1 heterocycles. The maximum Gasteiger partial charge on any atom is 0.220 e. The van der Waals surface area contributed by atoms with Gasteiger partial charge in [-0.2, -0.15) is 0 Å². The minimum Gasteiger partial charge on any atom is -0.357 e. The summed E-state index contributed by atoms with van der Waals surface area (Å²) in [6.45, 7) is 6.94. The molecular weight excluding hydrogens is 200 g/mol. The van der Waals surface area contributed by atoms with Gasteiger partial charge >= 0.3 is 0 Å². The maximum atomic E-state index is 11.5. The average molecular weight is 222 g/mol. The normalized spacial score (nSPS) is 11.5. The van der Waals surface area contributed by atoms with E-state index >= 15 is 0 Å². The van der Waals surface area contributed by atoms with Crippen molar-refractivity contribution in [3.05, 3.63) is 24.0 Å². The molecule has 0 atom stereocenters. The third-order valence-electron chi connectivity index (χ3n) is 2.32. The van der Waals surface area contributed by atoms with Crippen molar-refractivity contribution >= 4 is 5.91 Å². The van der Waals surface area contributed by atoms with Crippen LogP contribution in [0.4, 0.5) is 0 Å². The van der Waals surface area contributed by atoms with Gasteiger partial charge in [-0.3, -0.25) is 4.79 Å². The van der Waals surface area contributed by atoms with Crippen molar-refractivity contribution in [2.75, 3.05) is 6.54 Å². The number of rotatable bonds is 4. The molecule has 0 fully saturated rings. The minimum absolute atomic E-state index is 0.0663. The minimum atomic E-state index is 0.0663. The van der Waals surface area contributed by atoms with Crippen molar-refractivity contribution in [2.45, 2.75) is 33.6 Å². The molecule has 3 nitrogen and oxygen atoms in total. The molecule has 1 amide bonds. The van der Waals surface area contributed by atoms with Crippen LogP contribution in [-0.4, -0.2) is 17.0 Å². The van der Waals surface area contributed by atoms with Gasteiger partial charge in [0.05, 0.1) is 0 Å². The number of aryl methyl sites for hydroxylation is 1. The second kappa shape index (κ2) is 5.19. The van der Waals surface area contributed by atoms with E-state index in [1.807, 2.05) is 17.8 Å². The number of hydrogen-bond acceptors (Lipinski definition) is 1. The third kappa shape index (κ3) is 5.01. The molecule has 1 N–H and O–H groups in total. The van der Waals surface area contributed by atoms with E-state index in [1.54, 1.807) is 0 Å². The lowest BCUT2D eigenvalue weighted by Gasteiger charge is -2.17. The van der Waals surface area contributed by atoms with E-state index in [-0.39, 0.29) is 11.3 Å². The van der Waals surface area contributed by atoms with Gasteiger partial charge in [0.1, 0.15) is 0 Å². The van der Waals surface area contributed by atoms with Gasteiger partial charge in [0, 0.05) is 32.4 Å². The number of carbonyl (C=O) groups excluding carboxylic acids is 1. The molecule has 0 aromatic carbocycles. The Morgan fingerprint density at radius 1 is 1.44 bits per heavy atom. The average Bonchev–Trinajstić information content (AvgIpc) is 2.48. The molecule has 3 heteroatoms. The fourth-order valence-electron chi connectivity index (χ4n) is 1.60. The summed E-state index contributed by atoms with van der Waals surface area (Å²) in [7, 11) is 2.00. The quantitative estimate of drug-likeness (QED) is 0.832. The Morgan fingerprint density at radius 3 is 2.62 bits per heavy atom. The van der Waals surface area contributed by atoms with E-state index < -0.39 is 0 Å². The van der Waals surface area contributed by atoms with Gasteiger partial charge < -0.3 is 9.88 Å². The van der Waals surface area contributed by atoms with Crippen LogP contribution in [0.5, 0.6) is 0 Å². The van der Waals surface area contributed by atoms with Gasteiger partial charge in [-0.15, -0.1) is 0 Å². The molecule has 0 aliphatic heterocycles. The number of amides is 1. The molecule has 0 radical (unpaired) electrons. The fourth-order valence-corrected chi connectivity index (χ4v) is 1.60. The van der Waals surface area contributed by atoms with Crippen LogP contribution in [0.25, 0.3) is 0 Å². The van der Waals surface area contributed by atoms with Crippen LogP contribution in [0.15, 0.2) is 18.5 Å². The molecule has 1 aromatic heterocycles. The zero-order valence-electron chi connectivity index (χ0n) is 10.7. The second-order valence-electron chi connectivity index (χ2n) is 5.52. The van der Waals surface area contributed by atoms with Gasteiger partial charge in [-0.05, 0) is 23.5 Å². The summed E-state index contributed by atoms with van der Waals surface area (Å²) in [6.07, 6.45) is 5.58. The Kier molecular flexibility index (Phi) is 4.16. The van der Waals surface area contributed by atoms with Gasteiger partial charge in [-0.1, -0.05) is 20.8 Å². The number of nitrogens with one attached hydrogen (secondary N) is 1. The molecule has 0 saturated heterocycles. The third-order valence-corrected chi connectivity index (χ3v) is 2.32. The van der Waals surface area contributed by atoms with Crippen LogP contribution < -0.4 is 5.32 Å². The Labute approximate surface area is 97.8 Å². The second-order valence-corrected chi connectivity index (χ2v) is 5.52. The molecule has 0 spiro atoms. The van der Waals surface area contributed by atoms with E-state index in [0.717, 1.165) is 13.0 Å². The van der Waals surface area contributed by atoms with Crippen molar-refractivity contribution in [3.63, 3.8) is 0 Å². The number of aromatic nitrogens is 1. The van der Waals surface area contributed by atoms with Crippen LogP contribution in [0.2, 0.25) is 0 Å². The van der Waals surface area contributed by atoms with Crippen molar-refractivity contribution in [1.29, 1.82) is 0 Å². The Morgan fingerprint density at radius 2 is 2.12 bits per heavy atom. The van der Waals surface area contributed by atoms with Crippen LogP contribution in [0.3, 0.4) is 0 Å². The molecule has 0 aliphatic carbocycles.